The topological polar surface area (TPSA) is 77.8 Å². The molecule has 3 aromatic rings. The number of hydrogen-bond donors (Lipinski definition) is 2. The minimum Gasteiger partial charge on any atom is -0.508 e. The Bertz CT molecular complexity index is 1210. The maximum absolute atomic E-state index is 13.0. The lowest BCUT2D eigenvalue weighted by Crippen LogP contribution is -2.31. The Morgan fingerprint density at radius 2 is 1.69 bits per heavy atom. The Morgan fingerprint density at radius 3 is 2.34 bits per heavy atom. The molecule has 5 nitrogen and oxygen atoms in total. The summed E-state index contributed by atoms with van der Waals surface area (Å²) in [5, 5.41) is 21.6. The monoisotopic (exact) mass is 511 g/mol. The first-order valence-electron chi connectivity index (χ1n) is 9.93. The highest BCUT2D eigenvalue weighted by Gasteiger charge is 2.45. The van der Waals surface area contributed by atoms with Crippen molar-refractivity contribution in [1.82, 2.24) is 4.90 Å². The third-order valence-electron chi connectivity index (χ3n) is 5.40. The van der Waals surface area contributed by atoms with Gasteiger partial charge >= 0.3 is 0 Å². The second-order valence-electron chi connectivity index (χ2n) is 7.47. The fourth-order valence-electron chi connectivity index (χ4n) is 3.82. The number of Topliss-reactive ketones (excluding diaryl/α,β-unsaturated/α-hetero) is 1. The molecule has 0 aliphatic carbocycles. The number of aliphatic hydroxyl groups is 1. The maximum atomic E-state index is 13.0. The molecule has 0 radical (unpaired) electrons. The van der Waals surface area contributed by atoms with Crippen molar-refractivity contribution >= 4 is 45.0 Å². The average Bonchev–Trinajstić information content (AvgIpc) is 3.03. The van der Waals surface area contributed by atoms with Crippen molar-refractivity contribution in [3.05, 3.63) is 105 Å². The smallest absolute Gasteiger partial charge is 0.295 e. The fraction of sp³-hybridized carbons (Fsp3) is 0.120. The van der Waals surface area contributed by atoms with E-state index in [-0.39, 0.29) is 23.6 Å². The van der Waals surface area contributed by atoms with Crippen LogP contribution in [0.5, 0.6) is 5.75 Å². The van der Waals surface area contributed by atoms with Crippen LogP contribution in [0, 0.1) is 0 Å². The Balaban J connectivity index is 1.77. The Labute approximate surface area is 198 Å². The van der Waals surface area contributed by atoms with Crippen LogP contribution in [0.3, 0.4) is 0 Å². The SMILES string of the molecule is O=C1C(=O)N(CCc2ccc(Cl)cc2)C(c2cccc(O)c2)/C1=C(/O)c1ccc(Br)cc1. The van der Waals surface area contributed by atoms with Gasteiger partial charge in [0.25, 0.3) is 11.7 Å². The number of aromatic hydroxyl groups is 1. The molecular weight excluding hydrogens is 494 g/mol. The van der Waals surface area contributed by atoms with Gasteiger partial charge in [0.05, 0.1) is 11.6 Å². The van der Waals surface area contributed by atoms with Crippen LogP contribution in [0.25, 0.3) is 5.76 Å². The first kappa shape index (κ1) is 22.1. The number of rotatable bonds is 5. The van der Waals surface area contributed by atoms with Crippen molar-refractivity contribution in [2.75, 3.05) is 6.54 Å². The Hall–Kier alpha value is -3.09. The van der Waals surface area contributed by atoms with Gasteiger partial charge < -0.3 is 15.1 Å². The van der Waals surface area contributed by atoms with E-state index in [2.05, 4.69) is 15.9 Å². The minimum atomic E-state index is -0.821. The van der Waals surface area contributed by atoms with Gasteiger partial charge in [-0.15, -0.1) is 0 Å². The van der Waals surface area contributed by atoms with E-state index in [1.807, 2.05) is 12.1 Å². The van der Waals surface area contributed by atoms with Gasteiger partial charge in [-0.1, -0.05) is 63.9 Å². The van der Waals surface area contributed by atoms with E-state index in [1.165, 1.54) is 17.0 Å². The lowest BCUT2D eigenvalue weighted by molar-refractivity contribution is -0.139. The quantitative estimate of drug-likeness (QED) is 0.270. The molecule has 0 spiro atoms. The van der Waals surface area contributed by atoms with Crippen LogP contribution >= 0.6 is 27.5 Å². The second kappa shape index (κ2) is 9.18. The number of amides is 1. The van der Waals surface area contributed by atoms with Gasteiger partial charge in [0, 0.05) is 21.6 Å². The number of aliphatic hydroxyl groups excluding tert-OH is 1. The van der Waals surface area contributed by atoms with Gasteiger partial charge in [-0.25, -0.2) is 0 Å². The van der Waals surface area contributed by atoms with Crippen molar-refractivity contribution in [1.29, 1.82) is 0 Å². The predicted octanol–water partition coefficient (Wildman–Crippen LogP) is 5.47. The van der Waals surface area contributed by atoms with E-state index >= 15 is 0 Å². The summed E-state index contributed by atoms with van der Waals surface area (Å²) in [6, 6.07) is 19.6. The fourth-order valence-corrected chi connectivity index (χ4v) is 4.21. The van der Waals surface area contributed by atoms with E-state index in [0.717, 1.165) is 10.0 Å². The van der Waals surface area contributed by atoms with Crippen LogP contribution in [-0.4, -0.2) is 33.3 Å². The van der Waals surface area contributed by atoms with Crippen LogP contribution in [0.15, 0.2) is 82.8 Å². The van der Waals surface area contributed by atoms with E-state index < -0.39 is 17.7 Å². The standard InChI is InChI=1S/C25H19BrClNO4/c26-18-8-6-16(7-9-18)23(30)21-22(17-2-1-3-20(29)14-17)28(25(32)24(21)31)13-12-15-4-10-19(27)11-5-15/h1-11,14,22,29-30H,12-13H2/b23-21-. The number of carbonyl (C=O) groups is 2. The number of nitrogens with zero attached hydrogens (tertiary/aromatic N) is 1. The molecule has 0 bridgehead atoms. The number of benzene rings is 3. The van der Waals surface area contributed by atoms with E-state index in [0.29, 0.717) is 22.6 Å². The number of phenols is 1. The van der Waals surface area contributed by atoms with Crippen LogP contribution in [-0.2, 0) is 16.0 Å². The first-order chi connectivity index (χ1) is 15.3. The molecule has 7 heteroatoms. The molecule has 1 unspecified atom stereocenters. The van der Waals surface area contributed by atoms with E-state index in [4.69, 9.17) is 11.6 Å². The molecule has 1 saturated heterocycles. The number of phenolic OH excluding ortho intramolecular Hbond substituents is 1. The van der Waals surface area contributed by atoms with Crippen molar-refractivity contribution in [3.63, 3.8) is 0 Å². The number of carbonyl (C=O) groups excluding carboxylic acids is 2. The number of hydrogen-bond acceptors (Lipinski definition) is 4. The summed E-state index contributed by atoms with van der Waals surface area (Å²) in [4.78, 5) is 27.5. The van der Waals surface area contributed by atoms with Gasteiger partial charge in [0.15, 0.2) is 0 Å². The average molecular weight is 513 g/mol. The first-order valence-corrected chi connectivity index (χ1v) is 11.1. The molecular formula is C25H19BrClNO4. The van der Waals surface area contributed by atoms with Crippen LogP contribution in [0.4, 0.5) is 0 Å². The van der Waals surface area contributed by atoms with Crippen LogP contribution < -0.4 is 0 Å². The van der Waals surface area contributed by atoms with E-state index in [9.17, 15) is 19.8 Å². The summed E-state index contributed by atoms with van der Waals surface area (Å²) in [6.45, 7) is 0.254. The highest BCUT2D eigenvalue weighted by atomic mass is 79.9. The molecule has 1 heterocycles. The molecule has 162 valence electrons. The molecule has 0 saturated carbocycles. The van der Waals surface area contributed by atoms with Gasteiger partial charge in [0.1, 0.15) is 11.5 Å². The van der Waals surface area contributed by atoms with Gasteiger partial charge in [-0.3, -0.25) is 9.59 Å². The second-order valence-corrected chi connectivity index (χ2v) is 8.82. The Kier molecular flexibility index (Phi) is 6.35. The third kappa shape index (κ3) is 4.42. The lowest BCUT2D eigenvalue weighted by Gasteiger charge is -2.25. The minimum absolute atomic E-state index is 0.000899. The molecule has 4 rings (SSSR count). The molecule has 1 atom stereocenters. The summed E-state index contributed by atoms with van der Waals surface area (Å²) in [5.41, 5.74) is 1.92. The van der Waals surface area contributed by atoms with Crippen molar-refractivity contribution in [3.8, 4) is 5.75 Å². The van der Waals surface area contributed by atoms with Gasteiger partial charge in [-0.05, 0) is 53.9 Å². The summed E-state index contributed by atoms with van der Waals surface area (Å²) >= 11 is 9.30. The zero-order valence-corrected chi connectivity index (χ0v) is 19.2. The molecule has 1 aliphatic heterocycles. The summed E-state index contributed by atoms with van der Waals surface area (Å²) < 4.78 is 0.821. The molecule has 3 aromatic carbocycles. The highest BCUT2D eigenvalue weighted by Crippen LogP contribution is 2.40. The molecule has 0 aromatic heterocycles. The zero-order valence-electron chi connectivity index (χ0n) is 16.8. The summed E-state index contributed by atoms with van der Waals surface area (Å²) in [6.07, 6.45) is 0.498. The molecule has 2 N–H and O–H groups in total. The molecule has 1 aliphatic rings. The van der Waals surface area contributed by atoms with Crippen molar-refractivity contribution < 1.29 is 19.8 Å². The summed E-state index contributed by atoms with van der Waals surface area (Å²) in [5.74, 6) is -1.69. The van der Waals surface area contributed by atoms with E-state index in [1.54, 1.807) is 48.5 Å². The highest BCUT2D eigenvalue weighted by molar-refractivity contribution is 9.10. The zero-order chi connectivity index (χ0) is 22.8. The molecule has 32 heavy (non-hydrogen) atoms. The number of ketones is 1. The Morgan fingerprint density at radius 1 is 1.00 bits per heavy atom. The molecule has 1 fully saturated rings. The normalized spacial score (nSPS) is 17.7. The van der Waals surface area contributed by atoms with Gasteiger partial charge in [-0.2, -0.15) is 0 Å². The van der Waals surface area contributed by atoms with Crippen molar-refractivity contribution in [2.45, 2.75) is 12.5 Å². The lowest BCUT2D eigenvalue weighted by atomic mass is 9.95. The maximum Gasteiger partial charge on any atom is 0.295 e. The predicted molar refractivity (Wildman–Crippen MR) is 126 cm³/mol. The number of halogens is 2. The van der Waals surface area contributed by atoms with Gasteiger partial charge in [0.2, 0.25) is 0 Å². The third-order valence-corrected chi connectivity index (χ3v) is 6.18. The number of likely N-dealkylation sites (tertiary alicyclic amines) is 1. The molecule has 1 amide bonds. The van der Waals surface area contributed by atoms with Crippen molar-refractivity contribution in [2.24, 2.45) is 0 Å². The van der Waals surface area contributed by atoms with Crippen LogP contribution in [0.1, 0.15) is 22.7 Å². The summed E-state index contributed by atoms with van der Waals surface area (Å²) in [7, 11) is 0. The largest absolute Gasteiger partial charge is 0.508 e. The van der Waals surface area contributed by atoms with Crippen LogP contribution in [0.2, 0.25) is 5.02 Å².